The molecular formula is C9H15BrO2S. The Morgan fingerprint density at radius 1 is 1.62 bits per heavy atom. The van der Waals surface area contributed by atoms with Crippen LogP contribution in [0, 0.1) is 5.41 Å². The lowest BCUT2D eigenvalue weighted by atomic mass is 9.84. The fraction of sp³-hybridized carbons (Fsp3) is 0.778. The predicted octanol–water partition coefficient (Wildman–Crippen LogP) is 2.33. The standard InChI is InChI=1S/C9H15BrO2S/c1-9(2)3-6-7(11)4-13(10)8(6)12-5-9/h7,11,13H,3-5H2,1-2H3. The molecule has 2 nitrogen and oxygen atoms in total. The van der Waals surface area contributed by atoms with Crippen LogP contribution in [0.2, 0.25) is 0 Å². The highest BCUT2D eigenvalue weighted by molar-refractivity contribution is 9.54. The Bertz CT molecular complexity index is 262. The number of hydrogen-bond donors (Lipinski definition) is 2. The van der Waals surface area contributed by atoms with E-state index in [9.17, 15) is 5.11 Å². The van der Waals surface area contributed by atoms with Crippen molar-refractivity contribution in [3.05, 3.63) is 10.7 Å². The number of thiol groups is 1. The van der Waals surface area contributed by atoms with Crippen molar-refractivity contribution in [2.24, 2.45) is 5.41 Å². The van der Waals surface area contributed by atoms with Crippen LogP contribution in [0.5, 0.6) is 0 Å². The maximum absolute atomic E-state index is 9.78. The zero-order valence-electron chi connectivity index (χ0n) is 7.88. The molecule has 2 rings (SSSR count). The zero-order chi connectivity index (χ0) is 9.64. The summed E-state index contributed by atoms with van der Waals surface area (Å²) < 4.78 is 5.70. The van der Waals surface area contributed by atoms with E-state index in [1.54, 1.807) is 0 Å². The number of halogens is 1. The number of rotatable bonds is 0. The van der Waals surface area contributed by atoms with Gasteiger partial charge in [-0.05, 0) is 21.2 Å². The Labute approximate surface area is 88.9 Å². The Morgan fingerprint density at radius 3 is 3.00 bits per heavy atom. The Kier molecular flexibility index (Phi) is 2.41. The maximum Gasteiger partial charge on any atom is 0.144 e. The van der Waals surface area contributed by atoms with Crippen LogP contribution < -0.4 is 0 Å². The lowest BCUT2D eigenvalue weighted by Gasteiger charge is -2.32. The topological polar surface area (TPSA) is 29.5 Å². The van der Waals surface area contributed by atoms with Crippen molar-refractivity contribution in [1.29, 1.82) is 0 Å². The van der Waals surface area contributed by atoms with E-state index in [-0.39, 0.29) is 20.8 Å². The molecule has 0 spiro atoms. The van der Waals surface area contributed by atoms with Crippen molar-refractivity contribution in [2.45, 2.75) is 26.4 Å². The second-order valence-corrected chi connectivity index (χ2v) is 8.58. The van der Waals surface area contributed by atoms with E-state index in [1.807, 2.05) is 0 Å². The van der Waals surface area contributed by atoms with E-state index in [1.165, 1.54) is 0 Å². The molecule has 0 aliphatic carbocycles. The number of aliphatic hydroxyl groups is 1. The van der Waals surface area contributed by atoms with Crippen LogP contribution in [-0.2, 0) is 4.74 Å². The van der Waals surface area contributed by atoms with Crippen LogP contribution in [0.1, 0.15) is 20.3 Å². The van der Waals surface area contributed by atoms with E-state index in [2.05, 4.69) is 28.7 Å². The molecule has 0 aromatic rings. The van der Waals surface area contributed by atoms with Crippen molar-refractivity contribution in [2.75, 3.05) is 12.4 Å². The summed E-state index contributed by atoms with van der Waals surface area (Å²) >= 11 is 3.58. The summed E-state index contributed by atoms with van der Waals surface area (Å²) in [6.07, 6.45) is 0.716. The Balaban J connectivity index is 2.26. The Morgan fingerprint density at radius 2 is 2.31 bits per heavy atom. The monoisotopic (exact) mass is 266 g/mol. The summed E-state index contributed by atoms with van der Waals surface area (Å²) in [6.45, 7) is 5.14. The van der Waals surface area contributed by atoms with Crippen molar-refractivity contribution in [3.8, 4) is 0 Å². The molecule has 2 atom stereocenters. The molecule has 0 amide bonds. The van der Waals surface area contributed by atoms with E-state index in [0.717, 1.165) is 29.4 Å². The summed E-state index contributed by atoms with van der Waals surface area (Å²) in [6, 6.07) is 0. The third-order valence-electron chi connectivity index (χ3n) is 2.50. The smallest absolute Gasteiger partial charge is 0.144 e. The third-order valence-corrected chi connectivity index (χ3v) is 5.86. The van der Waals surface area contributed by atoms with Gasteiger partial charge in [0.1, 0.15) is 5.09 Å². The van der Waals surface area contributed by atoms with Crippen molar-refractivity contribution in [1.82, 2.24) is 0 Å². The largest absolute Gasteiger partial charge is 0.488 e. The highest BCUT2D eigenvalue weighted by Crippen LogP contribution is 2.55. The molecule has 0 bridgehead atoms. The van der Waals surface area contributed by atoms with E-state index < -0.39 is 0 Å². The summed E-state index contributed by atoms with van der Waals surface area (Å²) in [5, 5.41) is 10.8. The minimum Gasteiger partial charge on any atom is -0.488 e. The van der Waals surface area contributed by atoms with Gasteiger partial charge in [-0.15, -0.1) is 9.33 Å². The molecule has 2 heterocycles. The molecule has 13 heavy (non-hydrogen) atoms. The molecule has 0 fully saturated rings. The number of aliphatic hydroxyl groups excluding tert-OH is 1. The lowest BCUT2D eigenvalue weighted by molar-refractivity contribution is 0.0937. The fourth-order valence-corrected chi connectivity index (χ4v) is 5.08. The van der Waals surface area contributed by atoms with Crippen molar-refractivity contribution in [3.63, 3.8) is 0 Å². The average molecular weight is 267 g/mol. The summed E-state index contributed by atoms with van der Waals surface area (Å²) in [7, 11) is -0.383. The first-order valence-electron chi connectivity index (χ1n) is 4.47. The molecule has 2 aliphatic rings. The molecule has 2 aliphatic heterocycles. The van der Waals surface area contributed by atoms with E-state index in [4.69, 9.17) is 4.74 Å². The van der Waals surface area contributed by atoms with Crippen LogP contribution in [0.15, 0.2) is 10.7 Å². The van der Waals surface area contributed by atoms with Gasteiger partial charge in [0.05, 0.1) is 12.7 Å². The Hall–Kier alpha value is 0.330. The van der Waals surface area contributed by atoms with Gasteiger partial charge in [-0.25, -0.2) is 0 Å². The third kappa shape index (κ3) is 1.76. The van der Waals surface area contributed by atoms with Gasteiger partial charge in [0.2, 0.25) is 0 Å². The maximum atomic E-state index is 9.78. The van der Waals surface area contributed by atoms with Gasteiger partial charge < -0.3 is 9.84 Å². The van der Waals surface area contributed by atoms with Crippen LogP contribution in [0.25, 0.3) is 0 Å². The van der Waals surface area contributed by atoms with Gasteiger partial charge in [-0.3, -0.25) is 0 Å². The molecule has 4 heteroatoms. The molecule has 0 saturated carbocycles. The number of hydrogen-bond acceptors (Lipinski definition) is 2. The van der Waals surface area contributed by atoms with Gasteiger partial charge >= 0.3 is 0 Å². The van der Waals surface area contributed by atoms with Crippen LogP contribution in [0.3, 0.4) is 0 Å². The first-order valence-corrected chi connectivity index (χ1v) is 8.01. The van der Waals surface area contributed by atoms with Crippen LogP contribution in [0.4, 0.5) is 0 Å². The SMILES string of the molecule is CC1(C)COC2=C(C1)C(O)C[SH]2Br. The van der Waals surface area contributed by atoms with Gasteiger partial charge in [0.25, 0.3) is 0 Å². The van der Waals surface area contributed by atoms with Crippen molar-refractivity contribution < 1.29 is 9.84 Å². The van der Waals surface area contributed by atoms with E-state index in [0.29, 0.717) is 0 Å². The molecule has 1 N–H and O–H groups in total. The van der Waals surface area contributed by atoms with Crippen molar-refractivity contribution >= 4 is 24.1 Å². The van der Waals surface area contributed by atoms with Gasteiger partial charge in [-0.2, -0.15) is 0 Å². The zero-order valence-corrected chi connectivity index (χ0v) is 10.4. The summed E-state index contributed by atoms with van der Waals surface area (Å²) in [4.78, 5) is 0. The molecule has 0 aromatic heterocycles. The molecule has 0 radical (unpaired) electrons. The predicted molar refractivity (Wildman–Crippen MR) is 60.2 cm³/mol. The summed E-state index contributed by atoms with van der Waals surface area (Å²) in [5.41, 5.74) is 1.33. The quantitative estimate of drug-likeness (QED) is 0.660. The first-order chi connectivity index (χ1) is 5.99. The highest BCUT2D eigenvalue weighted by atomic mass is 79.9. The van der Waals surface area contributed by atoms with Crippen LogP contribution in [-0.4, -0.2) is 23.6 Å². The lowest BCUT2D eigenvalue weighted by Crippen LogP contribution is -2.26. The fourth-order valence-electron chi connectivity index (χ4n) is 1.83. The van der Waals surface area contributed by atoms with Gasteiger partial charge in [0.15, 0.2) is 0 Å². The van der Waals surface area contributed by atoms with Crippen LogP contribution >= 0.6 is 24.1 Å². The number of ether oxygens (including phenoxy) is 1. The summed E-state index contributed by atoms with van der Waals surface area (Å²) in [5.74, 6) is 0.829. The van der Waals surface area contributed by atoms with Gasteiger partial charge in [-0.1, -0.05) is 13.8 Å². The molecular weight excluding hydrogens is 252 g/mol. The first kappa shape index (κ1) is 9.87. The minimum atomic E-state index is -0.383. The second-order valence-electron chi connectivity index (χ2n) is 4.52. The van der Waals surface area contributed by atoms with Gasteiger partial charge in [0, 0.05) is 16.7 Å². The molecule has 0 saturated heterocycles. The van der Waals surface area contributed by atoms with E-state index >= 15 is 0 Å². The second kappa shape index (κ2) is 3.17. The molecule has 2 unspecified atom stereocenters. The highest BCUT2D eigenvalue weighted by Gasteiger charge is 2.38. The normalized spacial score (nSPS) is 40.0. The average Bonchev–Trinajstić information content (AvgIpc) is 2.26. The minimum absolute atomic E-state index is 0.188. The molecule has 0 aromatic carbocycles. The molecule has 76 valence electrons.